The van der Waals surface area contributed by atoms with Crippen LogP contribution in [-0.4, -0.2) is 42.2 Å². The fourth-order valence-corrected chi connectivity index (χ4v) is 4.42. The van der Waals surface area contributed by atoms with Crippen molar-refractivity contribution in [2.75, 3.05) is 16.6 Å². The Labute approximate surface area is 204 Å². The van der Waals surface area contributed by atoms with Gasteiger partial charge in [-0.25, -0.2) is 8.42 Å². The van der Waals surface area contributed by atoms with E-state index >= 15 is 0 Å². The number of anilines is 2. The van der Waals surface area contributed by atoms with Crippen LogP contribution in [0.3, 0.4) is 0 Å². The van der Waals surface area contributed by atoms with Crippen molar-refractivity contribution in [1.82, 2.24) is 9.78 Å². The van der Waals surface area contributed by atoms with E-state index in [1.807, 2.05) is 0 Å². The Morgan fingerprint density at radius 2 is 1.92 bits per heavy atom. The van der Waals surface area contributed by atoms with E-state index in [4.69, 9.17) is 4.74 Å². The minimum Gasteiger partial charge on any atom is -0.492 e. The molecule has 0 radical (unpaired) electrons. The number of rotatable bonds is 10. The zero-order chi connectivity index (χ0) is 26.5. The zero-order valence-corrected chi connectivity index (χ0v) is 19.9. The maximum atomic E-state index is 13.0. The summed E-state index contributed by atoms with van der Waals surface area (Å²) in [5, 5.41) is 16.7. The summed E-state index contributed by atoms with van der Waals surface area (Å²) >= 11 is 0. The number of benzene rings is 2. The molecule has 0 saturated carbocycles. The number of nitrogens with zero attached hydrogens (tertiary/aromatic N) is 2. The Balaban J connectivity index is 1.77. The summed E-state index contributed by atoms with van der Waals surface area (Å²) in [5.41, 5.74) is 0.485. The van der Waals surface area contributed by atoms with E-state index in [9.17, 15) is 31.5 Å². The van der Waals surface area contributed by atoms with Gasteiger partial charge in [-0.05, 0) is 37.3 Å². The molecule has 0 fully saturated rings. The highest BCUT2D eigenvalue weighted by Gasteiger charge is 2.31. The van der Waals surface area contributed by atoms with E-state index in [-0.39, 0.29) is 35.0 Å². The van der Waals surface area contributed by atoms with Gasteiger partial charge in [-0.2, -0.15) is 5.10 Å². The highest BCUT2D eigenvalue weighted by molar-refractivity contribution is 7.92. The number of hydrogen-bond acceptors (Lipinski definition) is 7. The summed E-state index contributed by atoms with van der Waals surface area (Å²) in [6.45, 7) is 1.71. The number of amides is 1. The molecule has 10 nitrogen and oxygen atoms in total. The number of sulfonamides is 1. The first-order valence-corrected chi connectivity index (χ1v) is 12.0. The van der Waals surface area contributed by atoms with Crippen LogP contribution in [0.1, 0.15) is 25.1 Å². The van der Waals surface area contributed by atoms with E-state index in [2.05, 4.69) is 19.9 Å². The molecule has 1 aromatic heterocycles. The van der Waals surface area contributed by atoms with Crippen LogP contribution in [0.5, 0.6) is 11.5 Å². The van der Waals surface area contributed by atoms with E-state index in [1.54, 1.807) is 20.0 Å². The van der Waals surface area contributed by atoms with Crippen molar-refractivity contribution in [1.29, 1.82) is 0 Å². The molecule has 0 aliphatic heterocycles. The summed E-state index contributed by atoms with van der Waals surface area (Å²) in [7, 11) is -2.68. The Bertz CT molecular complexity index is 1330. The standard InChI is InChI=1S/C22H23F3N4O6S/c1-3-34-19-12-14(27-21(31)13-18(30)17-9-10-26-29(17)2)7-8-20(19)36(32,33)28-15-5-4-6-16(11-15)35-22(23,24)25/h4-12,18,28,30H,3,13H2,1-2H3,(H,27,31). The third kappa shape index (κ3) is 7.11. The van der Waals surface area contributed by atoms with E-state index in [0.29, 0.717) is 5.69 Å². The molecule has 194 valence electrons. The molecule has 1 atom stereocenters. The number of aliphatic hydroxyl groups excluding tert-OH is 1. The third-order valence-electron chi connectivity index (χ3n) is 4.72. The molecule has 2 aromatic carbocycles. The molecule has 3 rings (SSSR count). The molecule has 3 N–H and O–H groups in total. The van der Waals surface area contributed by atoms with Gasteiger partial charge < -0.3 is 19.9 Å². The molecule has 0 aliphatic carbocycles. The van der Waals surface area contributed by atoms with E-state index < -0.39 is 34.1 Å². The predicted molar refractivity (Wildman–Crippen MR) is 123 cm³/mol. The number of halogens is 3. The molecule has 14 heteroatoms. The molecule has 1 amide bonds. The number of ether oxygens (including phenoxy) is 2. The Morgan fingerprint density at radius 1 is 1.17 bits per heavy atom. The van der Waals surface area contributed by atoms with Crippen molar-refractivity contribution in [3.63, 3.8) is 0 Å². The first-order chi connectivity index (χ1) is 16.9. The normalized spacial score (nSPS) is 12.6. The van der Waals surface area contributed by atoms with Gasteiger partial charge in [0.05, 0.1) is 24.4 Å². The number of aliphatic hydroxyl groups is 1. The molecule has 36 heavy (non-hydrogen) atoms. The maximum Gasteiger partial charge on any atom is 0.573 e. The van der Waals surface area contributed by atoms with Crippen LogP contribution in [0.4, 0.5) is 24.5 Å². The third-order valence-corrected chi connectivity index (χ3v) is 6.14. The number of carbonyl (C=O) groups is 1. The van der Waals surface area contributed by atoms with Crippen molar-refractivity contribution >= 4 is 27.3 Å². The second kappa shape index (κ2) is 10.9. The quantitative estimate of drug-likeness (QED) is 0.367. The number of hydrogen-bond donors (Lipinski definition) is 3. The average Bonchev–Trinajstić information content (AvgIpc) is 3.18. The number of aromatic nitrogens is 2. The molecular weight excluding hydrogens is 505 g/mol. The molecule has 0 aliphatic rings. The van der Waals surface area contributed by atoms with Gasteiger partial charge in [-0.3, -0.25) is 14.2 Å². The molecule has 0 saturated heterocycles. The monoisotopic (exact) mass is 528 g/mol. The number of aryl methyl sites for hydroxylation is 1. The zero-order valence-electron chi connectivity index (χ0n) is 19.1. The van der Waals surface area contributed by atoms with Crippen LogP contribution < -0.4 is 19.5 Å². The molecule has 1 heterocycles. The first kappa shape index (κ1) is 26.8. The molecular formula is C22H23F3N4O6S. The summed E-state index contributed by atoms with van der Waals surface area (Å²) in [6, 6.07) is 9.71. The molecule has 1 unspecified atom stereocenters. The number of carbonyl (C=O) groups excluding carboxylic acids is 1. The van der Waals surface area contributed by atoms with Gasteiger partial charge in [0.25, 0.3) is 10.0 Å². The predicted octanol–water partition coefficient (Wildman–Crippen LogP) is 3.58. The second-order valence-electron chi connectivity index (χ2n) is 7.42. The van der Waals surface area contributed by atoms with Gasteiger partial charge in [0.15, 0.2) is 0 Å². The van der Waals surface area contributed by atoms with Crippen molar-refractivity contribution in [2.24, 2.45) is 7.05 Å². The number of alkyl halides is 3. The van der Waals surface area contributed by atoms with Crippen molar-refractivity contribution in [3.05, 3.63) is 60.4 Å². The maximum absolute atomic E-state index is 13.0. The van der Waals surface area contributed by atoms with E-state index in [0.717, 1.165) is 12.1 Å². The Hall–Kier alpha value is -3.78. The van der Waals surface area contributed by atoms with Crippen LogP contribution in [0, 0.1) is 0 Å². The molecule has 0 spiro atoms. The van der Waals surface area contributed by atoms with Gasteiger partial charge in [0.1, 0.15) is 22.5 Å². The highest BCUT2D eigenvalue weighted by atomic mass is 32.2. The van der Waals surface area contributed by atoms with Crippen molar-refractivity contribution in [2.45, 2.75) is 30.7 Å². The van der Waals surface area contributed by atoms with Crippen LogP contribution >= 0.6 is 0 Å². The summed E-state index contributed by atoms with van der Waals surface area (Å²) in [6.07, 6.45) is -4.84. The first-order valence-electron chi connectivity index (χ1n) is 10.5. The summed E-state index contributed by atoms with van der Waals surface area (Å²) in [4.78, 5) is 12.1. The van der Waals surface area contributed by atoms with Crippen LogP contribution in [0.2, 0.25) is 0 Å². The lowest BCUT2D eigenvalue weighted by Gasteiger charge is -2.16. The van der Waals surface area contributed by atoms with Crippen LogP contribution in [0.15, 0.2) is 59.6 Å². The summed E-state index contributed by atoms with van der Waals surface area (Å²) in [5.74, 6) is -1.24. The van der Waals surface area contributed by atoms with Gasteiger partial charge in [-0.1, -0.05) is 6.07 Å². The Morgan fingerprint density at radius 3 is 2.56 bits per heavy atom. The molecule has 0 bridgehead atoms. The fraction of sp³-hybridized carbons (Fsp3) is 0.273. The highest BCUT2D eigenvalue weighted by Crippen LogP contribution is 2.31. The van der Waals surface area contributed by atoms with Gasteiger partial charge in [-0.15, -0.1) is 13.2 Å². The van der Waals surface area contributed by atoms with Gasteiger partial charge in [0, 0.05) is 31.1 Å². The van der Waals surface area contributed by atoms with E-state index in [1.165, 1.54) is 41.2 Å². The second-order valence-corrected chi connectivity index (χ2v) is 9.07. The van der Waals surface area contributed by atoms with Gasteiger partial charge in [0.2, 0.25) is 5.91 Å². The lowest BCUT2D eigenvalue weighted by molar-refractivity contribution is -0.274. The van der Waals surface area contributed by atoms with Gasteiger partial charge >= 0.3 is 6.36 Å². The SMILES string of the molecule is CCOc1cc(NC(=O)CC(O)c2ccnn2C)ccc1S(=O)(=O)Nc1cccc(OC(F)(F)F)c1. The lowest BCUT2D eigenvalue weighted by Crippen LogP contribution is -2.18. The van der Waals surface area contributed by atoms with Crippen LogP contribution in [0.25, 0.3) is 0 Å². The smallest absolute Gasteiger partial charge is 0.492 e. The molecule has 3 aromatic rings. The minimum absolute atomic E-state index is 0.0913. The topological polar surface area (TPSA) is 132 Å². The average molecular weight is 529 g/mol. The number of nitrogens with one attached hydrogen (secondary N) is 2. The van der Waals surface area contributed by atoms with Crippen molar-refractivity contribution < 1.29 is 41.0 Å². The summed E-state index contributed by atoms with van der Waals surface area (Å²) < 4.78 is 76.2. The Kier molecular flexibility index (Phi) is 8.10. The van der Waals surface area contributed by atoms with Crippen LogP contribution in [-0.2, 0) is 21.9 Å². The van der Waals surface area contributed by atoms with Crippen molar-refractivity contribution in [3.8, 4) is 11.5 Å². The fourth-order valence-electron chi connectivity index (χ4n) is 3.25. The minimum atomic E-state index is -4.94. The largest absolute Gasteiger partial charge is 0.573 e. The lowest BCUT2D eigenvalue weighted by atomic mass is 10.1.